The van der Waals surface area contributed by atoms with Crippen LogP contribution in [0.4, 0.5) is 0 Å². The van der Waals surface area contributed by atoms with E-state index < -0.39 is 0 Å². The van der Waals surface area contributed by atoms with Gasteiger partial charge in [-0.2, -0.15) is 0 Å². The summed E-state index contributed by atoms with van der Waals surface area (Å²) >= 11 is 3.44. The summed E-state index contributed by atoms with van der Waals surface area (Å²) in [5, 5.41) is 3.92. The summed E-state index contributed by atoms with van der Waals surface area (Å²) in [4.78, 5) is 12.1. The van der Waals surface area contributed by atoms with Gasteiger partial charge in [-0.1, -0.05) is 45.8 Å². The second-order valence-corrected chi connectivity index (χ2v) is 6.26. The zero-order valence-electron chi connectivity index (χ0n) is 12.2. The third-order valence-electron chi connectivity index (χ3n) is 3.58. The number of hydrogen-bond acceptors (Lipinski definition) is 2. The van der Waals surface area contributed by atoms with Crippen LogP contribution in [-0.4, -0.2) is 5.91 Å². The lowest BCUT2D eigenvalue weighted by atomic mass is 10.1. The van der Waals surface area contributed by atoms with Gasteiger partial charge in [-0.3, -0.25) is 4.79 Å². The van der Waals surface area contributed by atoms with Crippen LogP contribution in [0.5, 0.6) is 0 Å². The van der Waals surface area contributed by atoms with E-state index in [1.54, 1.807) is 6.26 Å². The molecule has 0 aliphatic carbocycles. The van der Waals surface area contributed by atoms with Gasteiger partial charge in [-0.25, -0.2) is 0 Å². The first kappa shape index (κ1) is 14.9. The van der Waals surface area contributed by atoms with Gasteiger partial charge in [-0.15, -0.1) is 0 Å². The summed E-state index contributed by atoms with van der Waals surface area (Å²) in [6, 6.07) is 13.9. The molecule has 1 heterocycles. The van der Waals surface area contributed by atoms with Crippen LogP contribution >= 0.6 is 15.9 Å². The minimum atomic E-state index is -0.0109. The quantitative estimate of drug-likeness (QED) is 0.753. The van der Waals surface area contributed by atoms with Gasteiger partial charge in [0.05, 0.1) is 12.7 Å². The van der Waals surface area contributed by atoms with Crippen LogP contribution in [0.2, 0.25) is 0 Å². The predicted molar refractivity (Wildman–Crippen MR) is 90.6 cm³/mol. The maximum Gasteiger partial charge on any atom is 0.224 e. The van der Waals surface area contributed by atoms with Crippen molar-refractivity contribution in [3.63, 3.8) is 0 Å². The van der Waals surface area contributed by atoms with Crippen LogP contribution in [0.25, 0.3) is 11.0 Å². The second kappa shape index (κ2) is 6.36. The van der Waals surface area contributed by atoms with E-state index >= 15 is 0 Å². The molecule has 1 N–H and O–H groups in total. The Kier molecular flexibility index (Phi) is 4.29. The Morgan fingerprint density at radius 1 is 1.18 bits per heavy atom. The highest BCUT2D eigenvalue weighted by Crippen LogP contribution is 2.25. The number of aryl methyl sites for hydroxylation is 1. The molecule has 22 heavy (non-hydrogen) atoms. The van der Waals surface area contributed by atoms with E-state index in [0.29, 0.717) is 13.0 Å². The lowest BCUT2D eigenvalue weighted by Gasteiger charge is -2.05. The Morgan fingerprint density at radius 2 is 1.95 bits per heavy atom. The molecule has 1 amide bonds. The zero-order valence-corrected chi connectivity index (χ0v) is 13.8. The standard InChI is InChI=1S/C18H16BrNO2/c1-12-2-4-13(5-3-12)10-20-18(21)8-14-11-22-17-7-6-15(19)9-16(14)17/h2-7,9,11H,8,10H2,1H3,(H,20,21). The van der Waals surface area contributed by atoms with E-state index in [1.165, 1.54) is 5.56 Å². The van der Waals surface area contributed by atoms with E-state index in [0.717, 1.165) is 26.6 Å². The van der Waals surface area contributed by atoms with E-state index in [4.69, 9.17) is 4.42 Å². The monoisotopic (exact) mass is 357 g/mol. The molecule has 0 radical (unpaired) electrons. The fourth-order valence-corrected chi connectivity index (χ4v) is 2.69. The third-order valence-corrected chi connectivity index (χ3v) is 4.07. The summed E-state index contributed by atoms with van der Waals surface area (Å²) in [7, 11) is 0. The van der Waals surface area contributed by atoms with Crippen LogP contribution < -0.4 is 5.32 Å². The summed E-state index contributed by atoms with van der Waals surface area (Å²) in [5.41, 5.74) is 4.01. The van der Waals surface area contributed by atoms with Crippen molar-refractivity contribution in [2.24, 2.45) is 0 Å². The highest BCUT2D eigenvalue weighted by Gasteiger charge is 2.10. The Labute approximate surface area is 137 Å². The van der Waals surface area contributed by atoms with Crippen molar-refractivity contribution in [2.45, 2.75) is 19.9 Å². The number of carbonyl (C=O) groups is 1. The van der Waals surface area contributed by atoms with E-state index in [1.807, 2.05) is 49.4 Å². The molecule has 0 bridgehead atoms. The maximum atomic E-state index is 12.1. The first-order valence-corrected chi connectivity index (χ1v) is 7.89. The number of carbonyl (C=O) groups excluding carboxylic acids is 1. The van der Waals surface area contributed by atoms with Crippen molar-refractivity contribution < 1.29 is 9.21 Å². The third kappa shape index (κ3) is 3.39. The Hall–Kier alpha value is -2.07. The van der Waals surface area contributed by atoms with Crippen molar-refractivity contribution in [1.29, 1.82) is 0 Å². The minimum Gasteiger partial charge on any atom is -0.464 e. The molecule has 3 rings (SSSR count). The average molecular weight is 358 g/mol. The summed E-state index contributed by atoms with van der Waals surface area (Å²) in [6.45, 7) is 2.59. The predicted octanol–water partition coefficient (Wildman–Crippen LogP) is 4.36. The molecular weight excluding hydrogens is 342 g/mol. The number of amides is 1. The van der Waals surface area contributed by atoms with Gasteiger partial charge in [0.2, 0.25) is 5.91 Å². The minimum absolute atomic E-state index is 0.0109. The molecule has 3 aromatic rings. The van der Waals surface area contributed by atoms with Gasteiger partial charge >= 0.3 is 0 Å². The number of fused-ring (bicyclic) bond motifs is 1. The van der Waals surface area contributed by atoms with Gasteiger partial charge in [0.25, 0.3) is 0 Å². The number of halogens is 1. The fraction of sp³-hybridized carbons (Fsp3) is 0.167. The number of nitrogens with one attached hydrogen (secondary N) is 1. The first-order valence-electron chi connectivity index (χ1n) is 7.10. The number of rotatable bonds is 4. The maximum absolute atomic E-state index is 12.1. The summed E-state index contributed by atoms with van der Waals surface area (Å²) < 4.78 is 6.45. The highest BCUT2D eigenvalue weighted by molar-refractivity contribution is 9.10. The number of hydrogen-bond donors (Lipinski definition) is 1. The van der Waals surface area contributed by atoms with E-state index in [-0.39, 0.29) is 5.91 Å². The molecule has 112 valence electrons. The van der Waals surface area contributed by atoms with Gasteiger partial charge in [-0.05, 0) is 30.7 Å². The van der Waals surface area contributed by atoms with Crippen molar-refractivity contribution in [1.82, 2.24) is 5.32 Å². The molecule has 0 saturated heterocycles. The number of benzene rings is 2. The first-order chi connectivity index (χ1) is 10.6. The lowest BCUT2D eigenvalue weighted by Crippen LogP contribution is -2.24. The Bertz CT molecular complexity index is 806. The summed E-state index contributed by atoms with van der Waals surface area (Å²) in [6.07, 6.45) is 1.97. The molecule has 4 heteroatoms. The van der Waals surface area contributed by atoms with Crippen LogP contribution in [0.3, 0.4) is 0 Å². The molecule has 0 aliphatic heterocycles. The van der Waals surface area contributed by atoms with Crippen molar-refractivity contribution in [3.05, 3.63) is 69.9 Å². The van der Waals surface area contributed by atoms with Gasteiger partial charge in [0, 0.05) is 22.0 Å². The smallest absolute Gasteiger partial charge is 0.224 e. The fourth-order valence-electron chi connectivity index (χ4n) is 2.33. The van der Waals surface area contributed by atoms with Crippen LogP contribution in [-0.2, 0) is 17.8 Å². The molecule has 0 fully saturated rings. The lowest BCUT2D eigenvalue weighted by molar-refractivity contribution is -0.120. The van der Waals surface area contributed by atoms with Crippen molar-refractivity contribution in [3.8, 4) is 0 Å². The molecule has 2 aromatic carbocycles. The van der Waals surface area contributed by atoms with Gasteiger partial charge in [0.1, 0.15) is 5.58 Å². The molecule has 0 spiro atoms. The largest absolute Gasteiger partial charge is 0.464 e. The van der Waals surface area contributed by atoms with E-state index in [2.05, 4.69) is 21.2 Å². The van der Waals surface area contributed by atoms with Crippen molar-refractivity contribution >= 4 is 32.8 Å². The molecule has 3 nitrogen and oxygen atoms in total. The van der Waals surface area contributed by atoms with Crippen LogP contribution in [0, 0.1) is 6.92 Å². The van der Waals surface area contributed by atoms with Gasteiger partial charge < -0.3 is 9.73 Å². The molecule has 0 aliphatic rings. The Morgan fingerprint density at radius 3 is 2.73 bits per heavy atom. The normalized spacial score (nSPS) is 10.8. The van der Waals surface area contributed by atoms with Crippen LogP contribution in [0.15, 0.2) is 57.6 Å². The van der Waals surface area contributed by atoms with Crippen molar-refractivity contribution in [2.75, 3.05) is 0 Å². The topological polar surface area (TPSA) is 42.2 Å². The summed E-state index contributed by atoms with van der Waals surface area (Å²) in [5.74, 6) is -0.0109. The zero-order chi connectivity index (χ0) is 15.5. The Balaban J connectivity index is 1.65. The van der Waals surface area contributed by atoms with Crippen LogP contribution in [0.1, 0.15) is 16.7 Å². The van der Waals surface area contributed by atoms with E-state index in [9.17, 15) is 4.79 Å². The second-order valence-electron chi connectivity index (χ2n) is 5.34. The average Bonchev–Trinajstić information content (AvgIpc) is 2.89. The highest BCUT2D eigenvalue weighted by atomic mass is 79.9. The molecule has 0 atom stereocenters. The molecule has 0 unspecified atom stereocenters. The van der Waals surface area contributed by atoms with Gasteiger partial charge in [0.15, 0.2) is 0 Å². The molecule has 0 saturated carbocycles. The SMILES string of the molecule is Cc1ccc(CNC(=O)Cc2coc3ccc(Br)cc23)cc1. The molecule has 1 aromatic heterocycles. The molecular formula is C18H16BrNO2. The number of furan rings is 1.